The summed E-state index contributed by atoms with van der Waals surface area (Å²) >= 11 is 5.22. The van der Waals surface area contributed by atoms with E-state index in [4.69, 9.17) is 0 Å². The molecule has 0 bridgehead atoms. The number of carbonyl (C=O) groups is 1. The molecule has 0 aliphatic carbocycles. The average Bonchev–Trinajstić information content (AvgIpc) is 2.92. The first-order valence-electron chi connectivity index (χ1n) is 9.79. The summed E-state index contributed by atoms with van der Waals surface area (Å²) in [5.41, 5.74) is 9.42. The Balaban J connectivity index is 1.79. The van der Waals surface area contributed by atoms with E-state index in [-0.39, 0.29) is 11.2 Å². The zero-order valence-corrected chi connectivity index (χ0v) is 20.3. The number of halogens is 1. The number of aryl methyl sites for hydroxylation is 2. The molecule has 2 aromatic carbocycles. The minimum atomic E-state index is -0.241. The number of hydrazone groups is 1. The fourth-order valence-corrected chi connectivity index (χ4v) is 4.92. The molecule has 0 aliphatic heterocycles. The lowest BCUT2D eigenvalue weighted by atomic mass is 10.1. The van der Waals surface area contributed by atoms with E-state index >= 15 is 0 Å². The number of amides is 1. The molecule has 0 radical (unpaired) electrons. The Hall–Kier alpha value is -2.31. The van der Waals surface area contributed by atoms with Gasteiger partial charge in [-0.2, -0.15) is 5.10 Å². The van der Waals surface area contributed by atoms with Gasteiger partial charge in [-0.3, -0.25) is 4.79 Å². The molecular formula is C24H26BrN3OS. The quantitative estimate of drug-likeness (QED) is 0.261. The second-order valence-electron chi connectivity index (χ2n) is 7.28. The molecule has 6 heteroatoms. The summed E-state index contributed by atoms with van der Waals surface area (Å²) < 4.78 is 3.22. The third-order valence-electron chi connectivity index (χ3n) is 5.07. The van der Waals surface area contributed by atoms with Gasteiger partial charge in [-0.15, -0.1) is 11.8 Å². The highest BCUT2D eigenvalue weighted by Crippen LogP contribution is 2.32. The van der Waals surface area contributed by atoms with Crippen LogP contribution in [0, 0.1) is 27.7 Å². The summed E-state index contributed by atoms with van der Waals surface area (Å²) in [5.74, 6) is -0.125. The lowest BCUT2D eigenvalue weighted by Crippen LogP contribution is -2.26. The Kier molecular flexibility index (Phi) is 7.21. The van der Waals surface area contributed by atoms with Crippen LogP contribution in [0.15, 0.2) is 63.0 Å². The van der Waals surface area contributed by atoms with Crippen molar-refractivity contribution in [3.63, 3.8) is 0 Å². The molecule has 1 amide bonds. The van der Waals surface area contributed by atoms with Crippen LogP contribution in [-0.4, -0.2) is 21.9 Å². The Labute approximate surface area is 190 Å². The van der Waals surface area contributed by atoms with Crippen molar-refractivity contribution in [2.75, 3.05) is 0 Å². The van der Waals surface area contributed by atoms with Crippen molar-refractivity contribution in [1.82, 2.24) is 9.99 Å². The van der Waals surface area contributed by atoms with E-state index in [2.05, 4.69) is 76.9 Å². The lowest BCUT2D eigenvalue weighted by Gasteiger charge is -2.15. The van der Waals surface area contributed by atoms with E-state index in [0.29, 0.717) is 0 Å². The van der Waals surface area contributed by atoms with Crippen molar-refractivity contribution >= 4 is 39.8 Å². The third kappa shape index (κ3) is 4.71. The third-order valence-corrected chi connectivity index (χ3v) is 7.18. The van der Waals surface area contributed by atoms with Crippen LogP contribution >= 0.6 is 27.7 Å². The van der Waals surface area contributed by atoms with Crippen molar-refractivity contribution in [2.24, 2.45) is 5.10 Å². The van der Waals surface area contributed by atoms with Gasteiger partial charge in [-0.25, -0.2) is 5.43 Å². The zero-order valence-electron chi connectivity index (χ0n) is 17.9. The number of benzene rings is 2. The number of rotatable bonds is 6. The highest BCUT2D eigenvalue weighted by molar-refractivity contribution is 9.10. The van der Waals surface area contributed by atoms with Gasteiger partial charge in [0.05, 0.1) is 17.2 Å². The van der Waals surface area contributed by atoms with Crippen LogP contribution < -0.4 is 5.43 Å². The van der Waals surface area contributed by atoms with Gasteiger partial charge in [0.1, 0.15) is 0 Å². The van der Waals surface area contributed by atoms with Crippen molar-refractivity contribution in [3.8, 4) is 5.69 Å². The molecule has 1 N–H and O–H groups in total. The van der Waals surface area contributed by atoms with Crippen molar-refractivity contribution < 1.29 is 4.79 Å². The predicted octanol–water partition coefficient (Wildman–Crippen LogP) is 6.10. The topological polar surface area (TPSA) is 46.4 Å². The van der Waals surface area contributed by atoms with Crippen LogP contribution in [0.2, 0.25) is 0 Å². The van der Waals surface area contributed by atoms with Gasteiger partial charge in [0.2, 0.25) is 0 Å². The van der Waals surface area contributed by atoms with Gasteiger partial charge in [-0.05, 0) is 73.8 Å². The average molecular weight is 484 g/mol. The first-order valence-corrected chi connectivity index (χ1v) is 11.5. The molecule has 1 heterocycles. The zero-order chi connectivity index (χ0) is 21.8. The number of carbonyl (C=O) groups excluding carboxylic acids is 1. The van der Waals surface area contributed by atoms with Crippen LogP contribution in [0.1, 0.15) is 35.0 Å². The molecule has 3 aromatic rings. The van der Waals surface area contributed by atoms with Crippen molar-refractivity contribution in [3.05, 3.63) is 81.1 Å². The number of hydrogen-bond acceptors (Lipinski definition) is 3. The van der Waals surface area contributed by atoms with Gasteiger partial charge in [0.25, 0.3) is 5.91 Å². The SMILES string of the molecule is Cc1cccc(C)c1-n1c(C)c(Br)c(/C=N\NC(=O)[C@@H](C)Sc2ccccc2)c1C. The number of nitrogens with zero attached hydrogens (tertiary/aromatic N) is 2. The molecule has 0 saturated carbocycles. The maximum absolute atomic E-state index is 12.4. The smallest absolute Gasteiger partial charge is 0.253 e. The van der Waals surface area contributed by atoms with Crippen molar-refractivity contribution in [2.45, 2.75) is 44.8 Å². The lowest BCUT2D eigenvalue weighted by molar-refractivity contribution is -0.120. The number of hydrogen-bond donors (Lipinski definition) is 1. The molecule has 156 valence electrons. The summed E-state index contributed by atoms with van der Waals surface area (Å²) in [5, 5.41) is 4.00. The molecule has 3 rings (SSSR count). The molecule has 0 unspecified atom stereocenters. The Morgan fingerprint density at radius 2 is 1.67 bits per heavy atom. The van der Waals surface area contributed by atoms with Gasteiger partial charge >= 0.3 is 0 Å². The summed E-state index contributed by atoms with van der Waals surface area (Å²) in [6.45, 7) is 10.3. The van der Waals surface area contributed by atoms with Crippen LogP contribution in [0.3, 0.4) is 0 Å². The normalized spacial score (nSPS) is 12.3. The van der Waals surface area contributed by atoms with E-state index in [9.17, 15) is 4.79 Å². The molecule has 4 nitrogen and oxygen atoms in total. The molecular weight excluding hydrogens is 458 g/mol. The highest BCUT2D eigenvalue weighted by Gasteiger charge is 2.18. The van der Waals surface area contributed by atoms with Gasteiger partial charge < -0.3 is 4.57 Å². The van der Waals surface area contributed by atoms with E-state index in [1.165, 1.54) is 28.6 Å². The number of aromatic nitrogens is 1. The summed E-state index contributed by atoms with van der Waals surface area (Å²) in [4.78, 5) is 13.5. The molecule has 0 spiro atoms. The van der Waals surface area contributed by atoms with Gasteiger partial charge in [-0.1, -0.05) is 36.4 Å². The van der Waals surface area contributed by atoms with E-state index < -0.39 is 0 Å². The minimum absolute atomic E-state index is 0.125. The standard InChI is InChI=1S/C24H26BrN3OS/c1-15-10-9-11-16(2)23(15)28-17(3)21(22(25)18(28)4)14-26-27-24(29)19(5)30-20-12-7-6-8-13-20/h6-14,19H,1-5H3,(H,27,29)/b26-14-/t19-/m1/s1. The number of nitrogens with one attached hydrogen (secondary N) is 1. The first-order chi connectivity index (χ1) is 14.3. The predicted molar refractivity (Wildman–Crippen MR) is 130 cm³/mol. The van der Waals surface area contributed by atoms with E-state index in [0.717, 1.165) is 26.3 Å². The molecule has 1 atom stereocenters. The molecule has 30 heavy (non-hydrogen) atoms. The van der Waals surface area contributed by atoms with E-state index in [1.807, 2.05) is 37.3 Å². The monoisotopic (exact) mass is 483 g/mol. The first kappa shape index (κ1) is 22.4. The highest BCUT2D eigenvalue weighted by atomic mass is 79.9. The second kappa shape index (κ2) is 9.67. The minimum Gasteiger partial charge on any atom is -0.316 e. The van der Waals surface area contributed by atoms with Crippen LogP contribution in [-0.2, 0) is 4.79 Å². The summed E-state index contributed by atoms with van der Waals surface area (Å²) in [6, 6.07) is 16.2. The Morgan fingerprint density at radius 3 is 2.30 bits per heavy atom. The fourth-order valence-electron chi connectivity index (χ4n) is 3.48. The van der Waals surface area contributed by atoms with Crippen LogP contribution in [0.4, 0.5) is 0 Å². The van der Waals surface area contributed by atoms with Crippen LogP contribution in [0.25, 0.3) is 5.69 Å². The number of thioether (sulfide) groups is 1. The van der Waals surface area contributed by atoms with Crippen molar-refractivity contribution in [1.29, 1.82) is 0 Å². The molecule has 0 fully saturated rings. The summed E-state index contributed by atoms with van der Waals surface area (Å²) in [7, 11) is 0. The maximum atomic E-state index is 12.4. The van der Waals surface area contributed by atoms with Crippen LogP contribution in [0.5, 0.6) is 0 Å². The fraction of sp³-hybridized carbons (Fsp3) is 0.250. The molecule has 1 aromatic heterocycles. The Bertz CT molecular complexity index is 1070. The second-order valence-corrected chi connectivity index (χ2v) is 9.49. The van der Waals surface area contributed by atoms with Gasteiger partial charge in [0, 0.05) is 26.3 Å². The number of para-hydroxylation sites is 1. The van der Waals surface area contributed by atoms with E-state index in [1.54, 1.807) is 6.21 Å². The molecule has 0 saturated heterocycles. The summed E-state index contributed by atoms with van der Waals surface area (Å²) in [6.07, 6.45) is 1.72. The molecule has 0 aliphatic rings. The Morgan fingerprint density at radius 1 is 1.03 bits per heavy atom. The largest absolute Gasteiger partial charge is 0.316 e. The maximum Gasteiger partial charge on any atom is 0.253 e. The van der Waals surface area contributed by atoms with Gasteiger partial charge in [0.15, 0.2) is 0 Å².